The number of cyclic esters (lactones) is 1. The first-order chi connectivity index (χ1) is 6.81. The van der Waals surface area contributed by atoms with Crippen molar-refractivity contribution in [2.75, 3.05) is 6.61 Å². The number of benzene rings is 1. The molecule has 1 aromatic rings. The molecule has 14 heavy (non-hydrogen) atoms. The highest BCUT2D eigenvalue weighted by Gasteiger charge is 2.20. The molecule has 74 valence electrons. The number of carbonyl (C=O) groups is 1. The fourth-order valence-electron chi connectivity index (χ4n) is 1.60. The zero-order valence-corrected chi connectivity index (χ0v) is 7.82. The SMILES string of the molecule is O=C1OCc2ccc(CCCO)cc21. The molecule has 0 unspecified atom stereocenters. The maximum atomic E-state index is 11.2. The third-order valence-corrected chi connectivity index (χ3v) is 2.38. The van der Waals surface area contributed by atoms with E-state index in [0.717, 1.165) is 24.0 Å². The lowest BCUT2D eigenvalue weighted by Crippen LogP contribution is -1.96. The summed E-state index contributed by atoms with van der Waals surface area (Å²) in [5.41, 5.74) is 2.72. The molecular weight excluding hydrogens is 180 g/mol. The van der Waals surface area contributed by atoms with E-state index in [4.69, 9.17) is 9.84 Å². The van der Waals surface area contributed by atoms with Crippen molar-refractivity contribution in [2.24, 2.45) is 0 Å². The van der Waals surface area contributed by atoms with Crippen molar-refractivity contribution in [1.29, 1.82) is 0 Å². The first-order valence-electron chi connectivity index (χ1n) is 4.71. The normalized spacial score (nSPS) is 13.9. The molecule has 1 heterocycles. The second-order valence-corrected chi connectivity index (χ2v) is 3.39. The van der Waals surface area contributed by atoms with E-state index in [0.29, 0.717) is 12.2 Å². The van der Waals surface area contributed by atoms with Crippen molar-refractivity contribution in [1.82, 2.24) is 0 Å². The van der Waals surface area contributed by atoms with Gasteiger partial charge in [0, 0.05) is 12.2 Å². The zero-order chi connectivity index (χ0) is 9.97. The number of aliphatic hydroxyl groups is 1. The molecule has 0 radical (unpaired) electrons. The van der Waals surface area contributed by atoms with Gasteiger partial charge in [-0.2, -0.15) is 0 Å². The molecule has 0 atom stereocenters. The van der Waals surface area contributed by atoms with Crippen molar-refractivity contribution in [3.05, 3.63) is 34.9 Å². The molecule has 0 saturated heterocycles. The highest BCUT2D eigenvalue weighted by Crippen LogP contribution is 2.21. The smallest absolute Gasteiger partial charge is 0.338 e. The van der Waals surface area contributed by atoms with Crippen molar-refractivity contribution in [3.8, 4) is 0 Å². The number of carbonyl (C=O) groups excluding carboxylic acids is 1. The van der Waals surface area contributed by atoms with E-state index in [1.807, 2.05) is 18.2 Å². The molecule has 0 bridgehead atoms. The Morgan fingerprint density at radius 2 is 2.29 bits per heavy atom. The summed E-state index contributed by atoms with van der Waals surface area (Å²) in [6, 6.07) is 5.77. The summed E-state index contributed by atoms with van der Waals surface area (Å²) in [6.45, 7) is 0.579. The number of hydrogen-bond acceptors (Lipinski definition) is 3. The minimum atomic E-state index is -0.231. The molecule has 2 rings (SSSR count). The maximum Gasteiger partial charge on any atom is 0.338 e. The highest BCUT2D eigenvalue weighted by atomic mass is 16.5. The van der Waals surface area contributed by atoms with Gasteiger partial charge in [0.05, 0.1) is 5.56 Å². The molecule has 3 nitrogen and oxygen atoms in total. The minimum Gasteiger partial charge on any atom is -0.457 e. The van der Waals surface area contributed by atoms with E-state index in [-0.39, 0.29) is 12.6 Å². The van der Waals surface area contributed by atoms with Crippen LogP contribution in [0.5, 0.6) is 0 Å². The quantitative estimate of drug-likeness (QED) is 0.734. The van der Waals surface area contributed by atoms with Gasteiger partial charge in [0.15, 0.2) is 0 Å². The summed E-state index contributed by atoms with van der Waals surface area (Å²) < 4.78 is 4.89. The third kappa shape index (κ3) is 1.63. The molecule has 1 aromatic carbocycles. The molecule has 1 aliphatic rings. The first-order valence-corrected chi connectivity index (χ1v) is 4.71. The van der Waals surface area contributed by atoms with Gasteiger partial charge in [0.25, 0.3) is 0 Å². The molecule has 0 spiro atoms. The number of ether oxygens (including phenoxy) is 1. The molecule has 0 fully saturated rings. The second kappa shape index (κ2) is 3.80. The van der Waals surface area contributed by atoms with Gasteiger partial charge in [-0.3, -0.25) is 0 Å². The Morgan fingerprint density at radius 3 is 3.07 bits per heavy atom. The Bertz CT molecular complexity index is 358. The van der Waals surface area contributed by atoms with Gasteiger partial charge >= 0.3 is 5.97 Å². The Balaban J connectivity index is 2.21. The summed E-state index contributed by atoms with van der Waals surface area (Å²) in [4.78, 5) is 11.2. The van der Waals surface area contributed by atoms with Gasteiger partial charge in [0.1, 0.15) is 6.61 Å². The number of fused-ring (bicyclic) bond motifs is 1. The summed E-state index contributed by atoms with van der Waals surface area (Å²) in [5.74, 6) is -0.231. The average molecular weight is 192 g/mol. The van der Waals surface area contributed by atoms with Crippen molar-refractivity contribution >= 4 is 5.97 Å². The minimum absolute atomic E-state index is 0.182. The Morgan fingerprint density at radius 1 is 1.43 bits per heavy atom. The maximum absolute atomic E-state index is 11.2. The van der Waals surface area contributed by atoms with Crippen LogP contribution < -0.4 is 0 Å². The number of aryl methyl sites for hydroxylation is 1. The topological polar surface area (TPSA) is 46.5 Å². The fraction of sp³-hybridized carbons (Fsp3) is 0.364. The van der Waals surface area contributed by atoms with Gasteiger partial charge in [-0.15, -0.1) is 0 Å². The summed E-state index contributed by atoms with van der Waals surface area (Å²) in [5, 5.41) is 8.68. The molecule has 0 aliphatic carbocycles. The lowest BCUT2D eigenvalue weighted by Gasteiger charge is -2.00. The second-order valence-electron chi connectivity index (χ2n) is 3.39. The van der Waals surface area contributed by atoms with Crippen LogP contribution in [-0.4, -0.2) is 17.7 Å². The van der Waals surface area contributed by atoms with Crippen LogP contribution in [0.25, 0.3) is 0 Å². The highest BCUT2D eigenvalue weighted by molar-refractivity contribution is 5.93. The van der Waals surface area contributed by atoms with Gasteiger partial charge in [0.2, 0.25) is 0 Å². The van der Waals surface area contributed by atoms with Crippen molar-refractivity contribution in [3.63, 3.8) is 0 Å². The monoisotopic (exact) mass is 192 g/mol. The third-order valence-electron chi connectivity index (χ3n) is 2.38. The van der Waals surface area contributed by atoms with Gasteiger partial charge in [-0.25, -0.2) is 4.79 Å². The van der Waals surface area contributed by atoms with E-state index in [1.54, 1.807) is 0 Å². The Hall–Kier alpha value is -1.35. The standard InChI is InChI=1S/C11H12O3/c12-5-1-2-8-3-4-9-7-14-11(13)10(9)6-8/h3-4,6,12H,1-2,5,7H2. The van der Waals surface area contributed by atoms with E-state index < -0.39 is 0 Å². The van der Waals surface area contributed by atoms with E-state index in [9.17, 15) is 4.79 Å². The summed E-state index contributed by atoms with van der Waals surface area (Å²) in [6.07, 6.45) is 1.53. The van der Waals surface area contributed by atoms with Crippen LogP contribution in [0.4, 0.5) is 0 Å². The first kappa shape index (κ1) is 9.21. The van der Waals surface area contributed by atoms with Crippen LogP contribution in [-0.2, 0) is 17.8 Å². The van der Waals surface area contributed by atoms with Gasteiger partial charge < -0.3 is 9.84 Å². The van der Waals surface area contributed by atoms with Crippen molar-refractivity contribution in [2.45, 2.75) is 19.4 Å². The van der Waals surface area contributed by atoms with Gasteiger partial charge in [-0.05, 0) is 24.5 Å². The average Bonchev–Trinajstić information content (AvgIpc) is 2.57. The van der Waals surface area contributed by atoms with Crippen LogP contribution in [0.3, 0.4) is 0 Å². The Kier molecular flexibility index (Phi) is 2.50. The predicted octanol–water partition coefficient (Wildman–Crippen LogP) is 1.28. The number of hydrogen-bond donors (Lipinski definition) is 1. The lowest BCUT2D eigenvalue weighted by atomic mass is 10.0. The van der Waals surface area contributed by atoms with Crippen LogP contribution in [0.15, 0.2) is 18.2 Å². The molecule has 0 amide bonds. The van der Waals surface area contributed by atoms with Crippen LogP contribution in [0, 0.1) is 0 Å². The fourth-order valence-corrected chi connectivity index (χ4v) is 1.60. The number of esters is 1. The Labute approximate surface area is 82.3 Å². The predicted molar refractivity (Wildman–Crippen MR) is 51.0 cm³/mol. The van der Waals surface area contributed by atoms with Crippen molar-refractivity contribution < 1.29 is 14.6 Å². The summed E-state index contributed by atoms with van der Waals surface area (Å²) in [7, 11) is 0. The molecule has 1 aliphatic heterocycles. The van der Waals surface area contributed by atoms with Crippen LogP contribution >= 0.6 is 0 Å². The lowest BCUT2D eigenvalue weighted by molar-refractivity contribution is 0.0535. The van der Waals surface area contributed by atoms with E-state index >= 15 is 0 Å². The number of aliphatic hydroxyl groups excluding tert-OH is 1. The van der Waals surface area contributed by atoms with Crippen LogP contribution in [0.2, 0.25) is 0 Å². The summed E-state index contributed by atoms with van der Waals surface area (Å²) >= 11 is 0. The molecule has 0 saturated carbocycles. The largest absolute Gasteiger partial charge is 0.457 e. The molecular formula is C11H12O3. The van der Waals surface area contributed by atoms with E-state index in [2.05, 4.69) is 0 Å². The molecule has 1 N–H and O–H groups in total. The van der Waals surface area contributed by atoms with E-state index in [1.165, 1.54) is 0 Å². The number of rotatable bonds is 3. The van der Waals surface area contributed by atoms with Gasteiger partial charge in [-0.1, -0.05) is 12.1 Å². The molecule has 3 heteroatoms. The molecule has 0 aromatic heterocycles. The zero-order valence-electron chi connectivity index (χ0n) is 7.82. The van der Waals surface area contributed by atoms with Crippen LogP contribution in [0.1, 0.15) is 27.9 Å².